The van der Waals surface area contributed by atoms with Crippen LogP contribution in [0.1, 0.15) is 64.5 Å². The largest absolute Gasteiger partial charge is 0.490 e. The molecule has 1 fully saturated rings. The number of aryl methyl sites for hydroxylation is 1. The molecule has 1 N–H and O–H groups in total. The van der Waals surface area contributed by atoms with Gasteiger partial charge in [0.1, 0.15) is 11.4 Å². The molecule has 11 heteroatoms. The van der Waals surface area contributed by atoms with Crippen LogP contribution in [-0.4, -0.2) is 61.1 Å². The van der Waals surface area contributed by atoms with Gasteiger partial charge in [-0.15, -0.1) is 4.36 Å². The number of anilines is 1. The minimum atomic E-state index is -3.74. The molecule has 2 aliphatic carbocycles. The molecule has 47 heavy (non-hydrogen) atoms. The summed E-state index contributed by atoms with van der Waals surface area (Å²) >= 11 is 6.45. The second-order valence-corrected chi connectivity index (χ2v) is 16.6. The van der Waals surface area contributed by atoms with Crippen LogP contribution < -0.4 is 14.4 Å². The highest BCUT2D eigenvalue weighted by molar-refractivity contribution is 7.92. The zero-order valence-corrected chi connectivity index (χ0v) is 29.5. The van der Waals surface area contributed by atoms with E-state index >= 15 is 0 Å². The average Bonchev–Trinajstić information content (AvgIpc) is 3.16. The van der Waals surface area contributed by atoms with Gasteiger partial charge in [-0.2, -0.15) is 0 Å². The van der Waals surface area contributed by atoms with Gasteiger partial charge in [-0.25, -0.2) is 4.21 Å². The second-order valence-electron chi connectivity index (χ2n) is 14.2. The number of fused-ring (bicyclic) bond motifs is 4. The molecule has 1 saturated carbocycles. The first-order valence-electron chi connectivity index (χ1n) is 16.6. The van der Waals surface area contributed by atoms with E-state index in [2.05, 4.69) is 26.1 Å². The monoisotopic (exact) mass is 683 g/mol. The number of hydrogen-bond acceptors (Lipinski definition) is 7. The van der Waals surface area contributed by atoms with Crippen LogP contribution in [0.2, 0.25) is 5.02 Å². The summed E-state index contributed by atoms with van der Waals surface area (Å²) in [6.07, 6.45) is 8.83. The van der Waals surface area contributed by atoms with Crippen LogP contribution in [0.3, 0.4) is 0 Å². The number of hydrogen-bond donors (Lipinski definition) is 1. The average molecular weight is 684 g/mol. The molecule has 2 heterocycles. The zero-order chi connectivity index (χ0) is 33.6. The predicted octanol–water partition coefficient (Wildman–Crippen LogP) is 6.26. The van der Waals surface area contributed by atoms with E-state index in [-0.39, 0.29) is 23.0 Å². The van der Waals surface area contributed by atoms with Crippen LogP contribution in [0.4, 0.5) is 5.69 Å². The molecule has 1 spiro atoms. The summed E-state index contributed by atoms with van der Waals surface area (Å²) in [6, 6.07) is 11.4. The summed E-state index contributed by atoms with van der Waals surface area (Å²) in [5, 5.41) is 0.731. The van der Waals surface area contributed by atoms with Crippen LogP contribution in [-0.2, 0) is 40.8 Å². The van der Waals surface area contributed by atoms with Gasteiger partial charge in [0.25, 0.3) is 5.91 Å². The number of benzene rings is 2. The second kappa shape index (κ2) is 13.2. The maximum absolute atomic E-state index is 14.8. The van der Waals surface area contributed by atoms with Crippen molar-refractivity contribution >= 4 is 39.0 Å². The van der Waals surface area contributed by atoms with Gasteiger partial charge in [-0.05, 0) is 99.2 Å². The van der Waals surface area contributed by atoms with Crippen molar-refractivity contribution in [3.05, 3.63) is 64.7 Å². The van der Waals surface area contributed by atoms with Crippen molar-refractivity contribution in [2.45, 2.75) is 81.8 Å². The van der Waals surface area contributed by atoms with Crippen LogP contribution in [0.25, 0.3) is 0 Å². The molecule has 2 aliphatic heterocycles. The number of nitrogens with one attached hydrogen (secondary N) is 1. The molecule has 0 saturated heterocycles. The summed E-state index contributed by atoms with van der Waals surface area (Å²) < 4.78 is 40.1. The smallest absolute Gasteiger partial charge is 0.287 e. The number of rotatable bonds is 3. The van der Waals surface area contributed by atoms with Gasteiger partial charge >= 0.3 is 0 Å². The number of amides is 2. The Bertz CT molecular complexity index is 1700. The van der Waals surface area contributed by atoms with E-state index in [1.54, 1.807) is 53.0 Å². The summed E-state index contributed by atoms with van der Waals surface area (Å²) in [4.78, 5) is 29.2. The lowest BCUT2D eigenvalue weighted by Crippen LogP contribution is -2.49. The number of nitrogens with zero attached hydrogens (tertiary/aromatic N) is 2. The Morgan fingerprint density at radius 3 is 2.72 bits per heavy atom. The third-order valence-corrected chi connectivity index (χ3v) is 12.3. The number of halogens is 1. The van der Waals surface area contributed by atoms with Gasteiger partial charge in [-0.1, -0.05) is 43.7 Å². The first-order chi connectivity index (χ1) is 22.3. The molecule has 2 aromatic rings. The van der Waals surface area contributed by atoms with Crippen molar-refractivity contribution in [1.82, 2.24) is 4.72 Å². The zero-order valence-electron chi connectivity index (χ0n) is 27.9. The highest BCUT2D eigenvalue weighted by Crippen LogP contribution is 2.47. The number of carbonyl (C=O) groups is 2. The van der Waals surface area contributed by atoms with E-state index in [0.717, 1.165) is 49.4 Å². The topological polar surface area (TPSA) is 107 Å². The lowest BCUT2D eigenvalue weighted by molar-refractivity contribution is -0.137. The summed E-state index contributed by atoms with van der Waals surface area (Å²) in [5.41, 5.74) is 1.60. The molecule has 2 amide bonds. The molecular weight excluding hydrogens is 638 g/mol. The van der Waals surface area contributed by atoms with Crippen molar-refractivity contribution < 1.29 is 28.0 Å². The summed E-state index contributed by atoms with van der Waals surface area (Å²) in [5.74, 6) is -0.366. The van der Waals surface area contributed by atoms with Crippen molar-refractivity contribution in [1.29, 1.82) is 0 Å². The molecule has 9 nitrogen and oxygen atoms in total. The van der Waals surface area contributed by atoms with Crippen LogP contribution in [0.5, 0.6) is 5.75 Å². The van der Waals surface area contributed by atoms with Crippen molar-refractivity contribution in [3.63, 3.8) is 0 Å². The lowest BCUT2D eigenvalue weighted by atomic mass is 9.68. The first kappa shape index (κ1) is 34.0. The highest BCUT2D eigenvalue weighted by atomic mass is 35.5. The van der Waals surface area contributed by atoms with Crippen molar-refractivity contribution in [2.75, 3.05) is 38.3 Å². The molecular formula is C36H46ClN3O6S. The fraction of sp³-hybridized carbons (Fsp3) is 0.556. The summed E-state index contributed by atoms with van der Waals surface area (Å²) in [6.45, 7) is 8.66. The highest BCUT2D eigenvalue weighted by Gasteiger charge is 2.44. The van der Waals surface area contributed by atoms with Gasteiger partial charge in [0.05, 0.1) is 29.9 Å². The Balaban J connectivity index is 1.51. The Hall–Kier alpha value is -2.92. The minimum absolute atomic E-state index is 0.0979. The Morgan fingerprint density at radius 1 is 1.19 bits per heavy atom. The van der Waals surface area contributed by atoms with Gasteiger partial charge in [0.2, 0.25) is 5.91 Å². The fourth-order valence-electron chi connectivity index (χ4n) is 7.32. The summed E-state index contributed by atoms with van der Waals surface area (Å²) in [7, 11) is -2.01. The Kier molecular flexibility index (Phi) is 9.52. The maximum Gasteiger partial charge on any atom is 0.287 e. The quantitative estimate of drug-likeness (QED) is 0.381. The van der Waals surface area contributed by atoms with Crippen LogP contribution in [0.15, 0.2) is 57.8 Å². The molecule has 2 bridgehead atoms. The molecule has 0 unspecified atom stereocenters. The maximum atomic E-state index is 14.8. The van der Waals surface area contributed by atoms with Gasteiger partial charge < -0.3 is 19.1 Å². The number of methoxy groups -OCH3 is 1. The normalized spacial score (nSPS) is 30.3. The molecule has 5 atom stereocenters. The number of carbonyl (C=O) groups excluding carboxylic acids is 2. The van der Waals surface area contributed by atoms with E-state index in [4.69, 9.17) is 25.8 Å². The third kappa shape index (κ3) is 6.71. The van der Waals surface area contributed by atoms with E-state index in [9.17, 15) is 13.8 Å². The molecule has 4 aliphatic rings. The predicted molar refractivity (Wildman–Crippen MR) is 183 cm³/mol. The molecule has 2 aromatic carbocycles. The van der Waals surface area contributed by atoms with Crippen LogP contribution in [0, 0.1) is 17.8 Å². The van der Waals surface area contributed by atoms with Gasteiger partial charge in [0, 0.05) is 36.6 Å². The van der Waals surface area contributed by atoms with E-state index in [0.29, 0.717) is 30.7 Å². The first-order valence-corrected chi connectivity index (χ1v) is 18.5. The lowest BCUT2D eigenvalue weighted by Gasteiger charge is -2.46. The molecule has 0 aromatic heterocycles. The van der Waals surface area contributed by atoms with E-state index < -0.39 is 33.2 Å². The third-order valence-electron chi connectivity index (χ3n) is 10.3. The van der Waals surface area contributed by atoms with E-state index in [1.807, 2.05) is 18.2 Å². The fourth-order valence-corrected chi connectivity index (χ4v) is 9.27. The Labute approximate surface area is 283 Å². The number of ether oxygens (including phenoxy) is 3. The van der Waals surface area contributed by atoms with Gasteiger partial charge in [0.15, 0.2) is 9.92 Å². The van der Waals surface area contributed by atoms with Gasteiger partial charge in [-0.3, -0.25) is 14.3 Å². The van der Waals surface area contributed by atoms with Crippen LogP contribution >= 0.6 is 11.6 Å². The Morgan fingerprint density at radius 2 is 2.00 bits per heavy atom. The minimum Gasteiger partial charge on any atom is -0.490 e. The van der Waals surface area contributed by atoms with E-state index in [1.165, 1.54) is 11.1 Å². The molecule has 0 radical (unpaired) electrons. The van der Waals surface area contributed by atoms with Crippen molar-refractivity contribution in [2.24, 2.45) is 22.1 Å². The standard InChI is InChI=1S/C36H46ClN3O6S/c1-23(2)33(41)38-47(43)27-12-15-32-30(19-27)40(21-36(22-45-32)16-6-8-24-18-26(37)11-14-29(24)36)20-25-10-13-28(25)31(44-5)9-7-17-46-35(3,4)34(42)39-47/h7,9,11-12,14-15,18-19,23,25,28,31H,6,8,10,13,16-17,20-22H2,1-5H3,(H,38,39,41,42,43)/t25-,28+,31+,36-,47+/m0/s1. The molecule has 6 rings (SSSR count). The molecule has 254 valence electrons. The van der Waals surface area contributed by atoms with Crippen molar-refractivity contribution in [3.8, 4) is 5.75 Å². The SMILES string of the molecule is CO[C@@H]1C=CCOC(C)(C)C(=O)N=[S@](=O)(NC(=O)C(C)C)c2ccc3c(c2)N(C[C@@H]2CC[C@H]21)C[C@@]1(CCCc2cc(Cl)ccc21)CO3.